The number of hydrogen-bond donors (Lipinski definition) is 3. The molecule has 1 saturated carbocycles. The van der Waals surface area contributed by atoms with Crippen LogP contribution in [-0.2, 0) is 9.53 Å². The first-order valence-electron chi connectivity index (χ1n) is 7.10. The molecular weight excluding hydrogens is 270 g/mol. The molecule has 114 valence electrons. The molecule has 1 aromatic carbocycles. The maximum absolute atomic E-state index is 12.1. The second kappa shape index (κ2) is 7.75. The summed E-state index contributed by atoms with van der Waals surface area (Å²) in [7, 11) is 1.61. The number of rotatable bonds is 8. The van der Waals surface area contributed by atoms with Gasteiger partial charge in [-0.3, -0.25) is 9.59 Å². The van der Waals surface area contributed by atoms with Crippen molar-refractivity contribution >= 4 is 17.5 Å². The lowest BCUT2D eigenvalue weighted by Crippen LogP contribution is -2.31. The van der Waals surface area contributed by atoms with Gasteiger partial charge >= 0.3 is 0 Å². The maximum Gasteiger partial charge on any atom is 0.253 e. The van der Waals surface area contributed by atoms with E-state index < -0.39 is 0 Å². The van der Waals surface area contributed by atoms with Crippen molar-refractivity contribution in [2.24, 2.45) is 0 Å². The van der Waals surface area contributed by atoms with Crippen LogP contribution in [0.25, 0.3) is 0 Å². The standard InChI is InChI=1S/C15H21N3O3/c1-21-9-8-16-10-14(19)18-13-5-3-2-4-12(13)15(20)17-11-6-7-11/h2-5,11,16H,6-10H2,1H3,(H,17,20)(H,18,19). The van der Waals surface area contributed by atoms with E-state index in [1.165, 1.54) is 0 Å². The first kappa shape index (κ1) is 15.5. The third-order valence-corrected chi connectivity index (χ3v) is 3.13. The third-order valence-electron chi connectivity index (χ3n) is 3.13. The molecule has 6 nitrogen and oxygen atoms in total. The van der Waals surface area contributed by atoms with Crippen molar-refractivity contribution in [3.8, 4) is 0 Å². The van der Waals surface area contributed by atoms with Gasteiger partial charge in [-0.25, -0.2) is 0 Å². The number of nitrogens with one attached hydrogen (secondary N) is 3. The fourth-order valence-electron chi connectivity index (χ4n) is 1.85. The van der Waals surface area contributed by atoms with Gasteiger partial charge < -0.3 is 20.7 Å². The minimum Gasteiger partial charge on any atom is -0.383 e. The summed E-state index contributed by atoms with van der Waals surface area (Å²) in [5.74, 6) is -0.321. The molecule has 0 bridgehead atoms. The Bertz CT molecular complexity index is 501. The zero-order chi connectivity index (χ0) is 15.1. The zero-order valence-electron chi connectivity index (χ0n) is 12.1. The Balaban J connectivity index is 1.89. The summed E-state index contributed by atoms with van der Waals surface area (Å²) in [5.41, 5.74) is 1.03. The molecule has 1 aliphatic carbocycles. The largest absolute Gasteiger partial charge is 0.383 e. The van der Waals surface area contributed by atoms with Crippen molar-refractivity contribution in [3.63, 3.8) is 0 Å². The highest BCUT2D eigenvalue weighted by Gasteiger charge is 2.24. The van der Waals surface area contributed by atoms with Crippen LogP contribution >= 0.6 is 0 Å². The molecule has 0 radical (unpaired) electrons. The lowest BCUT2D eigenvalue weighted by Gasteiger charge is -2.11. The highest BCUT2D eigenvalue weighted by Crippen LogP contribution is 2.21. The first-order chi connectivity index (χ1) is 10.2. The number of benzene rings is 1. The quantitative estimate of drug-likeness (QED) is 0.618. The van der Waals surface area contributed by atoms with Crippen molar-refractivity contribution in [2.75, 3.05) is 32.1 Å². The number of ether oxygens (including phenoxy) is 1. The molecule has 1 aromatic rings. The molecule has 2 amide bonds. The van der Waals surface area contributed by atoms with Crippen molar-refractivity contribution in [1.29, 1.82) is 0 Å². The topological polar surface area (TPSA) is 79.5 Å². The maximum atomic E-state index is 12.1. The lowest BCUT2D eigenvalue weighted by atomic mass is 10.1. The van der Waals surface area contributed by atoms with Gasteiger partial charge in [-0.05, 0) is 25.0 Å². The molecular formula is C15H21N3O3. The van der Waals surface area contributed by atoms with Crippen molar-refractivity contribution in [1.82, 2.24) is 10.6 Å². The molecule has 0 aliphatic heterocycles. The summed E-state index contributed by atoms with van der Waals surface area (Å²) in [4.78, 5) is 23.9. The fourth-order valence-corrected chi connectivity index (χ4v) is 1.85. The normalized spacial score (nSPS) is 13.8. The zero-order valence-corrected chi connectivity index (χ0v) is 12.1. The lowest BCUT2D eigenvalue weighted by molar-refractivity contribution is -0.115. The van der Waals surface area contributed by atoms with Crippen LogP contribution in [0.15, 0.2) is 24.3 Å². The Hall–Kier alpha value is -1.92. The van der Waals surface area contributed by atoms with E-state index in [1.807, 2.05) is 0 Å². The number of carbonyl (C=O) groups is 2. The number of amides is 2. The molecule has 21 heavy (non-hydrogen) atoms. The Kier molecular flexibility index (Phi) is 5.71. The summed E-state index contributed by atoms with van der Waals surface area (Å²) >= 11 is 0. The van der Waals surface area contributed by atoms with Crippen LogP contribution in [0.2, 0.25) is 0 Å². The van der Waals surface area contributed by atoms with Crippen LogP contribution in [-0.4, -0.2) is 44.7 Å². The van der Waals surface area contributed by atoms with Crippen LogP contribution < -0.4 is 16.0 Å². The molecule has 0 saturated heterocycles. The number of anilines is 1. The van der Waals surface area contributed by atoms with Crippen molar-refractivity contribution in [2.45, 2.75) is 18.9 Å². The van der Waals surface area contributed by atoms with Gasteiger partial charge in [-0.15, -0.1) is 0 Å². The van der Waals surface area contributed by atoms with E-state index in [2.05, 4.69) is 16.0 Å². The van der Waals surface area contributed by atoms with Gasteiger partial charge in [0.1, 0.15) is 0 Å². The second-order valence-corrected chi connectivity index (χ2v) is 5.01. The highest BCUT2D eigenvalue weighted by molar-refractivity contribution is 6.04. The predicted octanol–water partition coefficient (Wildman–Crippen LogP) is 0.753. The van der Waals surface area contributed by atoms with Crippen LogP contribution in [0.4, 0.5) is 5.69 Å². The Labute approximate surface area is 124 Å². The minimum absolute atomic E-state index is 0.138. The highest BCUT2D eigenvalue weighted by atomic mass is 16.5. The number of hydrogen-bond acceptors (Lipinski definition) is 4. The van der Waals surface area contributed by atoms with E-state index in [1.54, 1.807) is 31.4 Å². The van der Waals surface area contributed by atoms with Gasteiger partial charge in [-0.2, -0.15) is 0 Å². The molecule has 0 unspecified atom stereocenters. The molecule has 0 spiro atoms. The predicted molar refractivity (Wildman–Crippen MR) is 80.3 cm³/mol. The SMILES string of the molecule is COCCNCC(=O)Nc1ccccc1C(=O)NC1CC1. The molecule has 2 rings (SSSR count). The van der Waals surface area contributed by atoms with Gasteiger partial charge in [0.25, 0.3) is 5.91 Å². The molecule has 0 atom stereocenters. The van der Waals surface area contributed by atoms with E-state index in [-0.39, 0.29) is 24.4 Å². The second-order valence-electron chi connectivity index (χ2n) is 5.01. The van der Waals surface area contributed by atoms with Gasteiger partial charge in [-0.1, -0.05) is 12.1 Å². The van der Waals surface area contributed by atoms with E-state index >= 15 is 0 Å². The molecule has 3 N–H and O–H groups in total. The molecule has 0 aromatic heterocycles. The molecule has 0 heterocycles. The molecule has 6 heteroatoms. The van der Waals surface area contributed by atoms with Crippen LogP contribution in [0.5, 0.6) is 0 Å². The third kappa shape index (κ3) is 5.17. The average Bonchev–Trinajstić information content (AvgIpc) is 3.28. The van der Waals surface area contributed by atoms with Gasteiger partial charge in [0.2, 0.25) is 5.91 Å². The fraction of sp³-hybridized carbons (Fsp3) is 0.467. The van der Waals surface area contributed by atoms with E-state index in [0.717, 1.165) is 12.8 Å². The average molecular weight is 291 g/mol. The Morgan fingerprint density at radius 2 is 2.05 bits per heavy atom. The van der Waals surface area contributed by atoms with Crippen molar-refractivity contribution in [3.05, 3.63) is 29.8 Å². The van der Waals surface area contributed by atoms with Gasteiger partial charge in [0.05, 0.1) is 24.4 Å². The summed E-state index contributed by atoms with van der Waals surface area (Å²) in [6, 6.07) is 7.31. The number of para-hydroxylation sites is 1. The monoisotopic (exact) mass is 291 g/mol. The van der Waals surface area contributed by atoms with Crippen LogP contribution in [0.3, 0.4) is 0 Å². The van der Waals surface area contributed by atoms with E-state index in [4.69, 9.17) is 4.74 Å². The first-order valence-corrected chi connectivity index (χ1v) is 7.10. The summed E-state index contributed by atoms with van der Waals surface area (Å²) in [5, 5.41) is 8.64. The molecule has 1 fully saturated rings. The Morgan fingerprint density at radius 3 is 2.76 bits per heavy atom. The summed E-state index contributed by atoms with van der Waals surface area (Å²) in [6.07, 6.45) is 2.06. The summed E-state index contributed by atoms with van der Waals surface area (Å²) in [6.45, 7) is 1.34. The number of methoxy groups -OCH3 is 1. The minimum atomic E-state index is -0.183. The van der Waals surface area contributed by atoms with E-state index in [9.17, 15) is 9.59 Å². The van der Waals surface area contributed by atoms with Crippen LogP contribution in [0, 0.1) is 0 Å². The molecule has 1 aliphatic rings. The van der Waals surface area contributed by atoms with Crippen molar-refractivity contribution < 1.29 is 14.3 Å². The Morgan fingerprint density at radius 1 is 1.29 bits per heavy atom. The summed E-state index contributed by atoms with van der Waals surface area (Å²) < 4.78 is 4.89. The van der Waals surface area contributed by atoms with Gasteiger partial charge in [0, 0.05) is 19.7 Å². The van der Waals surface area contributed by atoms with E-state index in [0.29, 0.717) is 24.4 Å². The van der Waals surface area contributed by atoms with Crippen LogP contribution in [0.1, 0.15) is 23.2 Å². The smallest absolute Gasteiger partial charge is 0.253 e. The van der Waals surface area contributed by atoms with Gasteiger partial charge in [0.15, 0.2) is 0 Å². The number of carbonyl (C=O) groups excluding carboxylic acids is 2.